The van der Waals surface area contributed by atoms with E-state index in [4.69, 9.17) is 8.83 Å². The van der Waals surface area contributed by atoms with Crippen LogP contribution in [-0.4, -0.2) is 15.3 Å². The number of nitrogens with zero attached hydrogens (tertiary/aromatic N) is 2. The molecule has 0 fully saturated rings. The Kier molecular flexibility index (Phi) is 4.40. The number of carbonyl (C=O) groups is 1. The van der Waals surface area contributed by atoms with Gasteiger partial charge in [-0.3, -0.25) is 14.9 Å². The third-order valence-corrected chi connectivity index (χ3v) is 5.06. The maximum absolute atomic E-state index is 12.5. The minimum Gasteiger partial charge on any atom is -0.451 e. The zero-order chi connectivity index (χ0) is 19.1. The molecular weight excluding hydrogens is 434 g/mol. The fraction of sp³-hybridized carbons (Fsp3) is 0.111. The lowest BCUT2D eigenvalue weighted by Gasteiger charge is -2.05. The molecule has 27 heavy (non-hydrogen) atoms. The fourth-order valence-electron chi connectivity index (χ4n) is 2.49. The van der Waals surface area contributed by atoms with Crippen molar-refractivity contribution in [1.82, 2.24) is 9.36 Å². The first-order chi connectivity index (χ1) is 12.9. The first-order valence-corrected chi connectivity index (χ1v) is 9.43. The molecule has 3 heterocycles. The zero-order valence-corrected chi connectivity index (χ0v) is 16.6. The van der Waals surface area contributed by atoms with Gasteiger partial charge in [0.15, 0.2) is 21.6 Å². The zero-order valence-electron chi connectivity index (χ0n) is 14.2. The number of halogens is 1. The van der Waals surface area contributed by atoms with E-state index in [1.807, 2.05) is 13.8 Å². The quantitative estimate of drug-likeness (QED) is 0.496. The van der Waals surface area contributed by atoms with E-state index in [-0.39, 0.29) is 16.3 Å². The molecule has 4 rings (SSSR count). The molecule has 4 aromatic rings. The highest BCUT2D eigenvalue weighted by Crippen LogP contribution is 2.26. The third-order valence-electron chi connectivity index (χ3n) is 4.01. The molecule has 0 saturated carbocycles. The molecule has 1 N–H and O–H groups in total. The average Bonchev–Trinajstić information content (AvgIpc) is 3.25. The highest BCUT2D eigenvalue weighted by atomic mass is 79.9. The molecule has 0 saturated heterocycles. The van der Waals surface area contributed by atoms with E-state index in [2.05, 4.69) is 30.6 Å². The monoisotopic (exact) mass is 445 g/mol. The van der Waals surface area contributed by atoms with Gasteiger partial charge in [-0.1, -0.05) is 0 Å². The van der Waals surface area contributed by atoms with Crippen molar-refractivity contribution in [3.8, 4) is 11.6 Å². The number of benzene rings is 1. The van der Waals surface area contributed by atoms with Crippen LogP contribution < -0.4 is 10.7 Å². The van der Waals surface area contributed by atoms with E-state index in [0.717, 1.165) is 22.7 Å². The lowest BCUT2D eigenvalue weighted by atomic mass is 10.1. The van der Waals surface area contributed by atoms with E-state index in [0.29, 0.717) is 27.2 Å². The predicted octanol–water partition coefficient (Wildman–Crippen LogP) is 4.54. The van der Waals surface area contributed by atoms with Crippen molar-refractivity contribution in [3.05, 3.63) is 62.1 Å². The standard InChI is InChI=1S/C18H12BrN3O4S/c1-8-5-10-11(23)7-14(25-13(10)6-9(8)2)17(24)21-18-20-16(22-27-18)12-3-4-15(19)26-12/h3-7H,1-2H3,(H,20,21,22,24). The summed E-state index contributed by atoms with van der Waals surface area (Å²) in [4.78, 5) is 29.0. The Balaban J connectivity index is 1.62. The normalized spacial score (nSPS) is 11.1. The van der Waals surface area contributed by atoms with Crippen LogP contribution in [0.2, 0.25) is 0 Å². The van der Waals surface area contributed by atoms with E-state index >= 15 is 0 Å². The molecule has 0 aliphatic heterocycles. The second kappa shape index (κ2) is 6.75. The molecule has 0 atom stereocenters. The summed E-state index contributed by atoms with van der Waals surface area (Å²) in [6.45, 7) is 3.83. The van der Waals surface area contributed by atoms with Crippen molar-refractivity contribution in [1.29, 1.82) is 0 Å². The maximum atomic E-state index is 12.5. The number of anilines is 1. The lowest BCUT2D eigenvalue weighted by Crippen LogP contribution is -2.15. The molecule has 0 radical (unpaired) electrons. The summed E-state index contributed by atoms with van der Waals surface area (Å²) in [5, 5.41) is 3.30. The van der Waals surface area contributed by atoms with Gasteiger partial charge in [0.25, 0.3) is 5.91 Å². The van der Waals surface area contributed by atoms with Crippen LogP contribution in [0.1, 0.15) is 21.7 Å². The summed E-state index contributed by atoms with van der Waals surface area (Å²) in [7, 11) is 0. The van der Waals surface area contributed by atoms with Gasteiger partial charge in [-0.25, -0.2) is 0 Å². The van der Waals surface area contributed by atoms with Gasteiger partial charge in [-0.05, 0) is 65.2 Å². The molecule has 9 heteroatoms. The number of fused-ring (bicyclic) bond motifs is 1. The Hall–Kier alpha value is -2.78. The largest absolute Gasteiger partial charge is 0.451 e. The molecule has 7 nitrogen and oxygen atoms in total. The molecule has 0 aliphatic rings. The van der Waals surface area contributed by atoms with E-state index in [9.17, 15) is 9.59 Å². The van der Waals surface area contributed by atoms with E-state index in [1.54, 1.807) is 24.3 Å². The third kappa shape index (κ3) is 3.43. The smallest absolute Gasteiger partial charge is 0.293 e. The highest BCUT2D eigenvalue weighted by molar-refractivity contribution is 9.10. The van der Waals surface area contributed by atoms with Gasteiger partial charge < -0.3 is 8.83 Å². The first-order valence-electron chi connectivity index (χ1n) is 7.86. The maximum Gasteiger partial charge on any atom is 0.293 e. The number of nitrogens with one attached hydrogen (secondary N) is 1. The molecule has 136 valence electrons. The molecule has 3 aromatic heterocycles. The van der Waals surface area contributed by atoms with Crippen LogP contribution in [0.4, 0.5) is 5.13 Å². The minimum atomic E-state index is -0.574. The molecule has 1 amide bonds. The molecular formula is C18H12BrN3O4S. The predicted molar refractivity (Wildman–Crippen MR) is 105 cm³/mol. The number of hydrogen-bond donors (Lipinski definition) is 1. The van der Waals surface area contributed by atoms with Crippen molar-refractivity contribution >= 4 is 49.5 Å². The van der Waals surface area contributed by atoms with Gasteiger partial charge >= 0.3 is 0 Å². The van der Waals surface area contributed by atoms with Gasteiger partial charge in [-0.2, -0.15) is 9.36 Å². The topological polar surface area (TPSA) is 98.2 Å². The summed E-state index contributed by atoms with van der Waals surface area (Å²) in [5.41, 5.74) is 2.05. The van der Waals surface area contributed by atoms with Gasteiger partial charge in [0.1, 0.15) is 5.58 Å². The molecule has 0 unspecified atom stereocenters. The number of hydrogen-bond acceptors (Lipinski definition) is 7. The molecule has 0 spiro atoms. The SMILES string of the molecule is Cc1cc2oc(C(=O)Nc3nc(-c4ccc(Br)o4)ns3)cc(=O)c2cc1C. The van der Waals surface area contributed by atoms with Crippen LogP contribution in [0.3, 0.4) is 0 Å². The fourth-order valence-corrected chi connectivity index (χ4v) is 3.37. The highest BCUT2D eigenvalue weighted by Gasteiger charge is 2.17. The van der Waals surface area contributed by atoms with Crippen molar-refractivity contribution < 1.29 is 13.6 Å². The Morgan fingerprint density at radius 2 is 1.93 bits per heavy atom. The van der Waals surface area contributed by atoms with Gasteiger partial charge in [0.2, 0.25) is 11.0 Å². The van der Waals surface area contributed by atoms with Crippen molar-refractivity contribution in [2.24, 2.45) is 0 Å². The van der Waals surface area contributed by atoms with Crippen LogP contribution in [0.25, 0.3) is 22.6 Å². The lowest BCUT2D eigenvalue weighted by molar-refractivity contribution is 0.0997. The number of aryl methyl sites for hydroxylation is 2. The Labute approximate surface area is 165 Å². The summed E-state index contributed by atoms with van der Waals surface area (Å²) in [6.07, 6.45) is 0. The van der Waals surface area contributed by atoms with Gasteiger partial charge in [0, 0.05) is 17.6 Å². The first kappa shape index (κ1) is 17.6. The summed E-state index contributed by atoms with van der Waals surface area (Å²) in [5.74, 6) is 0.164. The summed E-state index contributed by atoms with van der Waals surface area (Å²) >= 11 is 4.21. The number of carbonyl (C=O) groups excluding carboxylic acids is 1. The molecule has 0 aliphatic carbocycles. The second-order valence-corrected chi connectivity index (χ2v) is 7.42. The molecule has 1 aromatic carbocycles. The number of aromatic nitrogens is 2. The van der Waals surface area contributed by atoms with E-state index in [1.165, 1.54) is 6.07 Å². The van der Waals surface area contributed by atoms with Crippen LogP contribution in [0.15, 0.2) is 48.6 Å². The number of amides is 1. The van der Waals surface area contributed by atoms with Gasteiger partial charge in [-0.15, -0.1) is 0 Å². The van der Waals surface area contributed by atoms with E-state index < -0.39 is 5.91 Å². The summed E-state index contributed by atoms with van der Waals surface area (Å²) < 4.78 is 15.7. The second-order valence-electron chi connectivity index (χ2n) is 5.89. The van der Waals surface area contributed by atoms with Crippen molar-refractivity contribution in [2.75, 3.05) is 5.32 Å². The van der Waals surface area contributed by atoms with Crippen molar-refractivity contribution in [3.63, 3.8) is 0 Å². The van der Waals surface area contributed by atoms with Crippen molar-refractivity contribution in [2.45, 2.75) is 13.8 Å². The average molecular weight is 446 g/mol. The summed E-state index contributed by atoms with van der Waals surface area (Å²) in [6, 6.07) is 8.13. The Morgan fingerprint density at radius 1 is 1.15 bits per heavy atom. The van der Waals surface area contributed by atoms with Crippen LogP contribution in [0.5, 0.6) is 0 Å². The van der Waals surface area contributed by atoms with Crippen LogP contribution in [-0.2, 0) is 0 Å². The van der Waals surface area contributed by atoms with Gasteiger partial charge in [0.05, 0.1) is 5.39 Å². The Morgan fingerprint density at radius 3 is 2.67 bits per heavy atom. The Bertz CT molecular complexity index is 1240. The molecule has 0 bridgehead atoms. The van der Waals surface area contributed by atoms with Crippen LogP contribution >= 0.6 is 27.5 Å². The number of furan rings is 1. The van der Waals surface area contributed by atoms with Crippen LogP contribution in [0, 0.1) is 13.8 Å². The number of rotatable bonds is 3. The minimum absolute atomic E-state index is 0.0896.